The highest BCUT2D eigenvalue weighted by Gasteiger charge is 2.96. The number of hydrogen-bond acceptors (Lipinski definition) is 3. The third kappa shape index (κ3) is 3.85. The lowest BCUT2D eigenvalue weighted by Gasteiger charge is -2.42. The van der Waals surface area contributed by atoms with Crippen molar-refractivity contribution in [3.8, 4) is 0 Å². The number of alkyl halides is 17. The van der Waals surface area contributed by atoms with E-state index < -0.39 is 75.5 Å². The molecule has 0 saturated carbocycles. The molecule has 32 heavy (non-hydrogen) atoms. The SMILES string of the molecule is NCCCS(=O)(=O)C(F)(F)C(F)(F)C(F)(F)C(F)(F)C(F)(F)C(F)(F)C(F)(F)C(F)(F)F. The number of halogens is 17. The molecular formula is C11H8F17NO2S. The van der Waals surface area contributed by atoms with E-state index in [2.05, 4.69) is 5.73 Å². The number of nitrogens with two attached hydrogens (primary N) is 1. The van der Waals surface area contributed by atoms with Gasteiger partial charge in [-0.05, 0) is 13.0 Å². The van der Waals surface area contributed by atoms with Gasteiger partial charge in [-0.1, -0.05) is 0 Å². The van der Waals surface area contributed by atoms with E-state index in [0.717, 1.165) is 0 Å². The average Bonchev–Trinajstić information content (AvgIpc) is 2.57. The Morgan fingerprint density at radius 3 is 1.06 bits per heavy atom. The van der Waals surface area contributed by atoms with E-state index in [1.807, 2.05) is 0 Å². The largest absolute Gasteiger partial charge is 0.460 e. The predicted molar refractivity (Wildman–Crippen MR) is 68.1 cm³/mol. The molecule has 0 aliphatic carbocycles. The molecule has 0 aliphatic rings. The summed E-state index contributed by atoms with van der Waals surface area (Å²) in [6.07, 6.45) is -9.09. The summed E-state index contributed by atoms with van der Waals surface area (Å²) in [6.45, 7) is -0.926. The molecule has 0 unspecified atom stereocenters. The Hall–Kier alpha value is -1.28. The molecule has 0 aromatic carbocycles. The van der Waals surface area contributed by atoms with Gasteiger partial charge in [0.15, 0.2) is 0 Å². The van der Waals surface area contributed by atoms with Gasteiger partial charge in [-0.15, -0.1) is 0 Å². The fraction of sp³-hybridized carbons (Fsp3) is 1.00. The first-order chi connectivity index (χ1) is 13.6. The van der Waals surface area contributed by atoms with Gasteiger partial charge in [-0.25, -0.2) is 8.42 Å². The van der Waals surface area contributed by atoms with Crippen molar-refractivity contribution in [3.63, 3.8) is 0 Å². The highest BCUT2D eigenvalue weighted by molar-refractivity contribution is 7.92. The Balaban J connectivity index is 6.85. The van der Waals surface area contributed by atoms with Crippen molar-refractivity contribution in [3.05, 3.63) is 0 Å². The van der Waals surface area contributed by atoms with E-state index in [9.17, 15) is 83.1 Å². The van der Waals surface area contributed by atoms with Crippen LogP contribution in [0.2, 0.25) is 0 Å². The van der Waals surface area contributed by atoms with Gasteiger partial charge in [0.1, 0.15) is 0 Å². The maximum atomic E-state index is 13.5. The summed E-state index contributed by atoms with van der Waals surface area (Å²) in [5.41, 5.74) is 4.61. The Morgan fingerprint density at radius 2 is 0.781 bits per heavy atom. The zero-order chi connectivity index (χ0) is 26.6. The van der Waals surface area contributed by atoms with Gasteiger partial charge < -0.3 is 5.73 Å². The smallest absolute Gasteiger partial charge is 0.330 e. The van der Waals surface area contributed by atoms with Gasteiger partial charge in [0.05, 0.1) is 5.75 Å². The highest BCUT2D eigenvalue weighted by Crippen LogP contribution is 2.64. The van der Waals surface area contributed by atoms with Crippen LogP contribution in [-0.2, 0) is 9.84 Å². The second kappa shape index (κ2) is 7.90. The first kappa shape index (κ1) is 30.7. The molecule has 2 N–H and O–H groups in total. The minimum atomic E-state index is -8.81. The maximum absolute atomic E-state index is 13.5. The van der Waals surface area contributed by atoms with Crippen LogP contribution < -0.4 is 5.73 Å². The Bertz CT molecular complexity index is 785. The van der Waals surface area contributed by atoms with Crippen molar-refractivity contribution in [1.29, 1.82) is 0 Å². The van der Waals surface area contributed by atoms with Crippen LogP contribution in [0.4, 0.5) is 74.6 Å². The number of hydrogen-bond donors (Lipinski definition) is 1. The minimum Gasteiger partial charge on any atom is -0.330 e. The van der Waals surface area contributed by atoms with Crippen LogP contribution in [0.1, 0.15) is 6.42 Å². The third-order valence-corrected chi connectivity index (χ3v) is 5.56. The summed E-state index contributed by atoms with van der Waals surface area (Å²) in [5, 5.41) is -7.44. The van der Waals surface area contributed by atoms with Gasteiger partial charge in [0.2, 0.25) is 9.84 Å². The maximum Gasteiger partial charge on any atom is 0.460 e. The molecule has 0 saturated heterocycles. The summed E-state index contributed by atoms with van der Waals surface area (Å²) in [4.78, 5) is 0. The van der Waals surface area contributed by atoms with Crippen LogP contribution in [0, 0.1) is 0 Å². The number of sulfone groups is 1. The van der Waals surface area contributed by atoms with Crippen LogP contribution in [0.15, 0.2) is 0 Å². The first-order valence-electron chi connectivity index (χ1n) is 7.20. The second-order valence-corrected chi connectivity index (χ2v) is 8.07. The van der Waals surface area contributed by atoms with Crippen molar-refractivity contribution in [2.24, 2.45) is 5.73 Å². The summed E-state index contributed by atoms with van der Waals surface area (Å²) < 4.78 is 243. The molecule has 3 nitrogen and oxygen atoms in total. The molecule has 0 rings (SSSR count). The summed E-state index contributed by atoms with van der Waals surface area (Å²) in [6, 6.07) is 0. The van der Waals surface area contributed by atoms with Crippen molar-refractivity contribution < 1.29 is 83.1 Å². The molecule has 0 aromatic heterocycles. The molecule has 0 spiro atoms. The predicted octanol–water partition coefficient (Wildman–Crippen LogP) is 4.72. The van der Waals surface area contributed by atoms with Crippen LogP contribution in [0.3, 0.4) is 0 Å². The zero-order valence-corrected chi connectivity index (χ0v) is 15.2. The molecule has 0 aromatic rings. The normalized spacial score (nSPS) is 16.4. The average molecular weight is 541 g/mol. The zero-order valence-electron chi connectivity index (χ0n) is 14.3. The van der Waals surface area contributed by atoms with Crippen molar-refractivity contribution in [1.82, 2.24) is 0 Å². The third-order valence-electron chi connectivity index (χ3n) is 3.70. The van der Waals surface area contributed by atoms with Gasteiger partial charge in [0, 0.05) is 0 Å². The quantitative estimate of drug-likeness (QED) is 0.408. The minimum absolute atomic E-state index is 0.926. The molecule has 0 fully saturated rings. The lowest BCUT2D eigenvalue weighted by Crippen LogP contribution is -2.75. The van der Waals surface area contributed by atoms with E-state index in [4.69, 9.17) is 0 Å². The van der Waals surface area contributed by atoms with E-state index in [1.165, 1.54) is 0 Å². The molecule has 0 heterocycles. The Morgan fingerprint density at radius 1 is 0.500 bits per heavy atom. The first-order valence-corrected chi connectivity index (χ1v) is 8.85. The Kier molecular flexibility index (Phi) is 7.58. The van der Waals surface area contributed by atoms with E-state index in [-0.39, 0.29) is 0 Å². The van der Waals surface area contributed by atoms with Crippen LogP contribution in [-0.4, -0.2) is 67.7 Å². The fourth-order valence-electron chi connectivity index (χ4n) is 1.75. The molecule has 0 aliphatic heterocycles. The molecule has 194 valence electrons. The van der Waals surface area contributed by atoms with Crippen LogP contribution in [0.25, 0.3) is 0 Å². The van der Waals surface area contributed by atoms with Crippen LogP contribution in [0.5, 0.6) is 0 Å². The molecule has 0 atom stereocenters. The standard InChI is InChI=1S/C11H8F17NO2S/c12-4(13,6(16,17)8(20,21)10(24,25)26)5(14,15)7(18,19)9(22,23)11(27,28)32(30,31)3-1-2-29/h1-3,29H2. The molecule has 0 radical (unpaired) electrons. The van der Waals surface area contributed by atoms with Crippen molar-refractivity contribution in [2.45, 2.75) is 53.4 Å². The molecular weight excluding hydrogens is 533 g/mol. The summed E-state index contributed by atoms with van der Waals surface area (Å²) in [5.74, 6) is -53.7. The van der Waals surface area contributed by atoms with Gasteiger partial charge in [0.25, 0.3) is 0 Å². The second-order valence-electron chi connectivity index (χ2n) is 5.92. The summed E-state index contributed by atoms with van der Waals surface area (Å²) >= 11 is 0. The van der Waals surface area contributed by atoms with Crippen molar-refractivity contribution in [2.75, 3.05) is 12.3 Å². The topological polar surface area (TPSA) is 60.2 Å². The lowest BCUT2D eigenvalue weighted by atomic mass is 9.91. The van der Waals surface area contributed by atoms with Gasteiger partial charge >= 0.3 is 47.0 Å². The highest BCUT2D eigenvalue weighted by atomic mass is 32.2. The van der Waals surface area contributed by atoms with Gasteiger partial charge in [-0.3, -0.25) is 0 Å². The van der Waals surface area contributed by atoms with E-state index >= 15 is 0 Å². The van der Waals surface area contributed by atoms with Crippen molar-refractivity contribution >= 4 is 9.84 Å². The van der Waals surface area contributed by atoms with E-state index in [1.54, 1.807) is 0 Å². The van der Waals surface area contributed by atoms with Gasteiger partial charge in [-0.2, -0.15) is 74.6 Å². The lowest BCUT2D eigenvalue weighted by molar-refractivity contribution is -0.458. The fourth-order valence-corrected chi connectivity index (χ4v) is 3.07. The molecule has 0 amide bonds. The number of rotatable bonds is 10. The molecule has 21 heteroatoms. The van der Waals surface area contributed by atoms with E-state index in [0.29, 0.717) is 0 Å². The Labute approximate surface area is 165 Å². The summed E-state index contributed by atoms with van der Waals surface area (Å²) in [7, 11) is -6.99. The molecule has 0 bridgehead atoms. The van der Waals surface area contributed by atoms with Crippen LogP contribution >= 0.6 is 0 Å². The monoisotopic (exact) mass is 541 g/mol.